The highest BCUT2D eigenvalue weighted by Gasteiger charge is 2.13. The lowest BCUT2D eigenvalue weighted by Gasteiger charge is -2.10. The summed E-state index contributed by atoms with van der Waals surface area (Å²) in [6.07, 6.45) is 2.61. The van der Waals surface area contributed by atoms with E-state index in [1.165, 1.54) is 25.9 Å². The first kappa shape index (κ1) is 8.72. The molecule has 1 aromatic rings. The summed E-state index contributed by atoms with van der Waals surface area (Å²) in [5.74, 6) is 0.933. The first-order valence-electron chi connectivity index (χ1n) is 4.75. The van der Waals surface area contributed by atoms with Gasteiger partial charge in [-0.15, -0.1) is 0 Å². The Labute approximate surface area is 77.7 Å². The Balaban J connectivity index is 1.92. The SMILES string of the molecule is NCc1cc(CN2CCCC2)on1. The van der Waals surface area contributed by atoms with Gasteiger partial charge in [0.15, 0.2) is 5.76 Å². The van der Waals surface area contributed by atoms with Gasteiger partial charge >= 0.3 is 0 Å². The molecule has 1 aliphatic rings. The number of nitrogens with two attached hydrogens (primary N) is 1. The van der Waals surface area contributed by atoms with E-state index in [2.05, 4.69) is 10.1 Å². The fourth-order valence-electron chi connectivity index (χ4n) is 1.69. The summed E-state index contributed by atoms with van der Waals surface area (Å²) in [5.41, 5.74) is 6.28. The number of hydrogen-bond donors (Lipinski definition) is 1. The van der Waals surface area contributed by atoms with Gasteiger partial charge in [-0.25, -0.2) is 0 Å². The molecule has 0 atom stereocenters. The van der Waals surface area contributed by atoms with Crippen LogP contribution < -0.4 is 5.73 Å². The largest absolute Gasteiger partial charge is 0.360 e. The van der Waals surface area contributed by atoms with Crippen molar-refractivity contribution < 1.29 is 4.52 Å². The average molecular weight is 181 g/mol. The second kappa shape index (κ2) is 3.89. The van der Waals surface area contributed by atoms with Gasteiger partial charge in [-0.1, -0.05) is 5.16 Å². The van der Waals surface area contributed by atoms with E-state index in [4.69, 9.17) is 10.3 Å². The van der Waals surface area contributed by atoms with Gasteiger partial charge in [-0.2, -0.15) is 0 Å². The minimum atomic E-state index is 0.462. The highest BCUT2D eigenvalue weighted by Crippen LogP contribution is 2.12. The third-order valence-electron chi connectivity index (χ3n) is 2.40. The second-order valence-corrected chi connectivity index (χ2v) is 3.47. The van der Waals surface area contributed by atoms with Crippen molar-refractivity contribution in [2.24, 2.45) is 5.73 Å². The lowest BCUT2D eigenvalue weighted by atomic mass is 10.3. The zero-order valence-electron chi connectivity index (χ0n) is 7.70. The van der Waals surface area contributed by atoms with Crippen molar-refractivity contribution >= 4 is 0 Å². The molecular weight excluding hydrogens is 166 g/mol. The molecule has 0 saturated carbocycles. The van der Waals surface area contributed by atoms with Crippen LogP contribution in [-0.2, 0) is 13.1 Å². The van der Waals surface area contributed by atoms with Gasteiger partial charge in [0.2, 0.25) is 0 Å². The third-order valence-corrected chi connectivity index (χ3v) is 2.40. The van der Waals surface area contributed by atoms with Crippen molar-refractivity contribution in [3.63, 3.8) is 0 Å². The van der Waals surface area contributed by atoms with E-state index in [-0.39, 0.29) is 0 Å². The molecule has 0 radical (unpaired) electrons. The van der Waals surface area contributed by atoms with E-state index < -0.39 is 0 Å². The predicted octanol–water partition coefficient (Wildman–Crippen LogP) is 0.729. The Kier molecular flexibility index (Phi) is 2.61. The molecule has 0 spiro atoms. The molecule has 1 fully saturated rings. The molecule has 0 aliphatic carbocycles. The van der Waals surface area contributed by atoms with E-state index in [0.717, 1.165) is 18.0 Å². The fraction of sp³-hybridized carbons (Fsp3) is 0.667. The van der Waals surface area contributed by atoms with Crippen molar-refractivity contribution in [1.29, 1.82) is 0 Å². The van der Waals surface area contributed by atoms with Crippen LogP contribution in [0, 0.1) is 0 Å². The molecule has 1 aromatic heterocycles. The Morgan fingerprint density at radius 2 is 2.23 bits per heavy atom. The van der Waals surface area contributed by atoms with Gasteiger partial charge in [0.1, 0.15) is 0 Å². The molecule has 2 rings (SSSR count). The van der Waals surface area contributed by atoms with Gasteiger partial charge in [-0.05, 0) is 25.9 Å². The molecule has 0 amide bonds. The predicted molar refractivity (Wildman–Crippen MR) is 48.9 cm³/mol. The van der Waals surface area contributed by atoms with Crippen LogP contribution in [0.4, 0.5) is 0 Å². The molecule has 4 nitrogen and oxygen atoms in total. The minimum Gasteiger partial charge on any atom is -0.360 e. The first-order valence-corrected chi connectivity index (χ1v) is 4.75. The van der Waals surface area contributed by atoms with Crippen molar-refractivity contribution in [2.75, 3.05) is 13.1 Å². The topological polar surface area (TPSA) is 55.3 Å². The van der Waals surface area contributed by atoms with Crippen LogP contribution in [0.2, 0.25) is 0 Å². The van der Waals surface area contributed by atoms with Crippen molar-refractivity contribution in [3.05, 3.63) is 17.5 Å². The standard InChI is InChI=1S/C9H15N3O/c10-6-8-5-9(13-11-8)7-12-3-1-2-4-12/h5H,1-4,6-7,10H2. The number of aromatic nitrogens is 1. The molecule has 0 bridgehead atoms. The third kappa shape index (κ3) is 2.08. The van der Waals surface area contributed by atoms with Gasteiger partial charge in [0.05, 0.1) is 12.2 Å². The summed E-state index contributed by atoms with van der Waals surface area (Å²) in [6, 6.07) is 1.94. The van der Waals surface area contributed by atoms with Gasteiger partial charge in [0, 0.05) is 12.6 Å². The van der Waals surface area contributed by atoms with Crippen LogP contribution in [0.5, 0.6) is 0 Å². The molecule has 13 heavy (non-hydrogen) atoms. The minimum absolute atomic E-state index is 0.462. The highest BCUT2D eigenvalue weighted by atomic mass is 16.5. The summed E-state index contributed by atoms with van der Waals surface area (Å²) < 4.78 is 5.15. The van der Waals surface area contributed by atoms with Crippen LogP contribution in [0.25, 0.3) is 0 Å². The normalized spacial score (nSPS) is 18.2. The maximum Gasteiger partial charge on any atom is 0.151 e. The molecule has 2 N–H and O–H groups in total. The van der Waals surface area contributed by atoms with Gasteiger partial charge < -0.3 is 10.3 Å². The Morgan fingerprint density at radius 3 is 2.85 bits per heavy atom. The molecule has 0 aromatic carbocycles. The molecular formula is C9H15N3O. The van der Waals surface area contributed by atoms with Crippen LogP contribution in [0.3, 0.4) is 0 Å². The fourth-order valence-corrected chi connectivity index (χ4v) is 1.69. The summed E-state index contributed by atoms with van der Waals surface area (Å²) >= 11 is 0. The molecule has 1 aliphatic heterocycles. The second-order valence-electron chi connectivity index (χ2n) is 3.47. The van der Waals surface area contributed by atoms with Crippen LogP contribution in [0.1, 0.15) is 24.3 Å². The van der Waals surface area contributed by atoms with E-state index >= 15 is 0 Å². The zero-order valence-corrected chi connectivity index (χ0v) is 7.70. The lowest BCUT2D eigenvalue weighted by molar-refractivity contribution is 0.273. The lowest BCUT2D eigenvalue weighted by Crippen LogP contribution is -2.17. The summed E-state index contributed by atoms with van der Waals surface area (Å²) in [5, 5.41) is 3.85. The number of hydrogen-bond acceptors (Lipinski definition) is 4. The first-order chi connectivity index (χ1) is 6.38. The smallest absolute Gasteiger partial charge is 0.151 e. The number of nitrogens with zero attached hydrogens (tertiary/aromatic N) is 2. The molecule has 4 heteroatoms. The number of rotatable bonds is 3. The Bertz CT molecular complexity index is 266. The van der Waals surface area contributed by atoms with Crippen LogP contribution in [-0.4, -0.2) is 23.1 Å². The van der Waals surface area contributed by atoms with Crippen LogP contribution in [0.15, 0.2) is 10.6 Å². The van der Waals surface area contributed by atoms with Crippen LogP contribution >= 0.6 is 0 Å². The zero-order chi connectivity index (χ0) is 9.10. The molecule has 72 valence electrons. The molecule has 0 unspecified atom stereocenters. The van der Waals surface area contributed by atoms with E-state index in [1.807, 2.05) is 6.07 Å². The summed E-state index contributed by atoms with van der Waals surface area (Å²) in [4.78, 5) is 2.38. The Hall–Kier alpha value is -0.870. The monoisotopic (exact) mass is 181 g/mol. The molecule has 2 heterocycles. The van der Waals surface area contributed by atoms with Gasteiger partial charge in [0.25, 0.3) is 0 Å². The number of likely N-dealkylation sites (tertiary alicyclic amines) is 1. The maximum absolute atomic E-state index is 5.44. The van der Waals surface area contributed by atoms with Crippen molar-refractivity contribution in [1.82, 2.24) is 10.1 Å². The van der Waals surface area contributed by atoms with E-state index in [1.54, 1.807) is 0 Å². The maximum atomic E-state index is 5.44. The Morgan fingerprint density at radius 1 is 1.46 bits per heavy atom. The quantitative estimate of drug-likeness (QED) is 0.746. The van der Waals surface area contributed by atoms with Crippen molar-refractivity contribution in [2.45, 2.75) is 25.9 Å². The summed E-state index contributed by atoms with van der Waals surface area (Å²) in [7, 11) is 0. The average Bonchev–Trinajstić information content (AvgIpc) is 2.76. The molecule has 1 saturated heterocycles. The van der Waals surface area contributed by atoms with Crippen molar-refractivity contribution in [3.8, 4) is 0 Å². The van der Waals surface area contributed by atoms with Gasteiger partial charge in [-0.3, -0.25) is 4.90 Å². The van der Waals surface area contributed by atoms with E-state index in [9.17, 15) is 0 Å². The summed E-state index contributed by atoms with van der Waals surface area (Å²) in [6.45, 7) is 3.70. The highest BCUT2D eigenvalue weighted by molar-refractivity contribution is 5.04. The van der Waals surface area contributed by atoms with E-state index in [0.29, 0.717) is 6.54 Å².